The minimum atomic E-state index is -0.672. The summed E-state index contributed by atoms with van der Waals surface area (Å²) >= 11 is 11.9. The highest BCUT2D eigenvalue weighted by Crippen LogP contribution is 2.33. The fraction of sp³-hybridized carbons (Fsp3) is 0.333. The van der Waals surface area contributed by atoms with Crippen molar-refractivity contribution in [1.82, 2.24) is 15.3 Å². The van der Waals surface area contributed by atoms with Crippen molar-refractivity contribution in [2.75, 3.05) is 12.4 Å². The molecule has 0 radical (unpaired) electrons. The highest BCUT2D eigenvalue weighted by Gasteiger charge is 2.21. The molecule has 2 aromatic carbocycles. The Morgan fingerprint density at radius 1 is 1.20 bits per heavy atom. The maximum atomic E-state index is 14.3. The van der Waals surface area contributed by atoms with E-state index in [2.05, 4.69) is 20.6 Å². The Kier molecular flexibility index (Phi) is 6.01. The number of carbonyl (C=O) groups is 1. The van der Waals surface area contributed by atoms with E-state index in [1.807, 2.05) is 0 Å². The minimum Gasteiger partial charge on any atom is -0.496 e. The van der Waals surface area contributed by atoms with Crippen LogP contribution in [0.5, 0.6) is 5.75 Å². The molecule has 0 aliphatic heterocycles. The van der Waals surface area contributed by atoms with E-state index >= 15 is 0 Å². The zero-order chi connectivity index (χ0) is 21.3. The number of rotatable bonds is 5. The largest absolute Gasteiger partial charge is 0.496 e. The van der Waals surface area contributed by atoms with Crippen molar-refractivity contribution in [3.63, 3.8) is 0 Å². The highest BCUT2D eigenvalue weighted by molar-refractivity contribution is 6.35. The molecule has 3 aromatic rings. The van der Waals surface area contributed by atoms with Gasteiger partial charge < -0.3 is 20.4 Å². The summed E-state index contributed by atoms with van der Waals surface area (Å²) in [7, 11) is 1.51. The van der Waals surface area contributed by atoms with Crippen molar-refractivity contribution in [1.29, 1.82) is 0 Å². The van der Waals surface area contributed by atoms with Gasteiger partial charge in [0, 0.05) is 12.1 Å². The number of nitrogens with one attached hydrogen (secondary N) is 3. The molecular formula is C21H21Cl2FN4O2. The van der Waals surface area contributed by atoms with Crippen molar-refractivity contribution in [3.05, 3.63) is 45.7 Å². The maximum Gasteiger partial charge on any atom is 0.255 e. The summed E-state index contributed by atoms with van der Waals surface area (Å²) in [6.07, 6.45) is 5.43. The number of methoxy groups -OCH3 is 1. The molecule has 1 fully saturated rings. The number of anilines is 2. The summed E-state index contributed by atoms with van der Waals surface area (Å²) in [6, 6.07) is 6.40. The minimum absolute atomic E-state index is 0.0189. The van der Waals surface area contributed by atoms with Crippen molar-refractivity contribution in [2.45, 2.75) is 38.1 Å². The zero-order valence-corrected chi connectivity index (χ0v) is 17.8. The molecule has 6 nitrogen and oxygen atoms in total. The molecule has 1 aliphatic rings. The number of H-pyrrole nitrogens is 1. The summed E-state index contributed by atoms with van der Waals surface area (Å²) in [5.41, 5.74) is 1.59. The standard InChI is InChI=1S/C21H21Cl2FN4O2/c1-30-17-10-16-15(9-12(17)20(29)25-11-5-3-2-4-6-11)26-21(27-16)28-19-14(23)8-7-13(22)18(19)24/h7-11H,2-6H2,1H3,(H,25,29)(H2,26,27,28). The number of aromatic nitrogens is 2. The number of ether oxygens (including phenoxy) is 1. The third kappa shape index (κ3) is 4.18. The first-order valence-corrected chi connectivity index (χ1v) is 10.5. The lowest BCUT2D eigenvalue weighted by Gasteiger charge is -2.23. The van der Waals surface area contributed by atoms with Gasteiger partial charge in [0.25, 0.3) is 5.91 Å². The van der Waals surface area contributed by atoms with Crippen LogP contribution < -0.4 is 15.4 Å². The fourth-order valence-electron chi connectivity index (χ4n) is 3.71. The third-order valence-electron chi connectivity index (χ3n) is 5.28. The topological polar surface area (TPSA) is 79.0 Å². The van der Waals surface area contributed by atoms with Gasteiger partial charge in [-0.05, 0) is 31.0 Å². The van der Waals surface area contributed by atoms with E-state index in [1.165, 1.54) is 25.7 Å². The van der Waals surface area contributed by atoms with E-state index in [1.54, 1.807) is 12.1 Å². The lowest BCUT2D eigenvalue weighted by atomic mass is 9.95. The second kappa shape index (κ2) is 8.70. The fourth-order valence-corrected chi connectivity index (χ4v) is 4.06. The van der Waals surface area contributed by atoms with Crippen LogP contribution in [0.15, 0.2) is 24.3 Å². The summed E-state index contributed by atoms with van der Waals surface area (Å²) < 4.78 is 19.7. The number of amides is 1. The molecule has 4 rings (SSSR count). The van der Waals surface area contributed by atoms with Crippen molar-refractivity contribution in [2.24, 2.45) is 0 Å². The van der Waals surface area contributed by atoms with E-state index in [9.17, 15) is 9.18 Å². The van der Waals surface area contributed by atoms with Gasteiger partial charge in [-0.1, -0.05) is 42.5 Å². The molecule has 0 atom stereocenters. The molecule has 1 saturated carbocycles. The van der Waals surface area contributed by atoms with Gasteiger partial charge in [-0.15, -0.1) is 0 Å². The van der Waals surface area contributed by atoms with Crippen molar-refractivity contribution >= 4 is 51.8 Å². The molecule has 0 bridgehead atoms. The molecule has 30 heavy (non-hydrogen) atoms. The van der Waals surface area contributed by atoms with E-state index in [4.69, 9.17) is 27.9 Å². The van der Waals surface area contributed by atoms with Gasteiger partial charge in [-0.25, -0.2) is 9.37 Å². The number of carbonyl (C=O) groups excluding carboxylic acids is 1. The first-order valence-electron chi connectivity index (χ1n) is 9.75. The average Bonchev–Trinajstić information content (AvgIpc) is 3.15. The van der Waals surface area contributed by atoms with E-state index in [0.29, 0.717) is 22.3 Å². The van der Waals surface area contributed by atoms with Crippen LogP contribution in [0.1, 0.15) is 42.5 Å². The second-order valence-electron chi connectivity index (χ2n) is 7.31. The van der Waals surface area contributed by atoms with Crippen LogP contribution in [-0.4, -0.2) is 29.0 Å². The quantitative estimate of drug-likeness (QED) is 0.427. The summed E-state index contributed by atoms with van der Waals surface area (Å²) in [4.78, 5) is 20.3. The molecule has 1 heterocycles. The van der Waals surface area contributed by atoms with Crippen LogP contribution in [-0.2, 0) is 0 Å². The molecule has 3 N–H and O–H groups in total. The van der Waals surface area contributed by atoms with Gasteiger partial charge in [-0.2, -0.15) is 0 Å². The van der Waals surface area contributed by atoms with Crippen molar-refractivity contribution < 1.29 is 13.9 Å². The first-order chi connectivity index (χ1) is 14.5. The summed E-state index contributed by atoms with van der Waals surface area (Å²) in [6.45, 7) is 0. The third-order valence-corrected chi connectivity index (χ3v) is 5.88. The molecule has 9 heteroatoms. The number of benzene rings is 2. The van der Waals surface area contributed by atoms with Gasteiger partial charge in [0.05, 0.1) is 39.4 Å². The van der Waals surface area contributed by atoms with E-state index in [-0.39, 0.29) is 33.6 Å². The van der Waals surface area contributed by atoms with Crippen LogP contribution >= 0.6 is 23.2 Å². The Balaban J connectivity index is 1.63. The lowest BCUT2D eigenvalue weighted by Crippen LogP contribution is -2.36. The number of nitrogens with zero attached hydrogens (tertiary/aromatic N) is 1. The Hall–Kier alpha value is -2.51. The molecule has 1 aliphatic carbocycles. The Morgan fingerprint density at radius 2 is 1.93 bits per heavy atom. The summed E-state index contributed by atoms with van der Waals surface area (Å²) in [5.74, 6) is -0.177. The molecule has 1 aromatic heterocycles. The molecule has 0 spiro atoms. The Morgan fingerprint density at radius 3 is 2.67 bits per heavy atom. The predicted octanol–water partition coefficient (Wildman–Crippen LogP) is 5.82. The van der Waals surface area contributed by atoms with Crippen molar-refractivity contribution in [3.8, 4) is 5.75 Å². The van der Waals surface area contributed by atoms with Crippen LogP contribution in [0.4, 0.5) is 16.0 Å². The smallest absolute Gasteiger partial charge is 0.255 e. The van der Waals surface area contributed by atoms with Gasteiger partial charge in [0.15, 0.2) is 5.82 Å². The van der Waals surface area contributed by atoms with Gasteiger partial charge >= 0.3 is 0 Å². The normalized spacial score (nSPS) is 14.7. The Bertz CT molecular complexity index is 1100. The van der Waals surface area contributed by atoms with E-state index in [0.717, 1.165) is 25.7 Å². The first kappa shape index (κ1) is 20.8. The van der Waals surface area contributed by atoms with Crippen LogP contribution in [0, 0.1) is 5.82 Å². The highest BCUT2D eigenvalue weighted by atomic mass is 35.5. The maximum absolute atomic E-state index is 14.3. The molecule has 0 saturated heterocycles. The number of hydrogen-bond acceptors (Lipinski definition) is 4. The molecule has 1 amide bonds. The number of halogens is 3. The van der Waals surface area contributed by atoms with Gasteiger partial charge in [0.2, 0.25) is 5.95 Å². The predicted molar refractivity (Wildman–Crippen MR) is 117 cm³/mol. The second-order valence-corrected chi connectivity index (χ2v) is 8.12. The number of imidazole rings is 1. The van der Waals surface area contributed by atoms with E-state index < -0.39 is 5.82 Å². The van der Waals surface area contributed by atoms with Gasteiger partial charge in [0.1, 0.15) is 5.75 Å². The lowest BCUT2D eigenvalue weighted by molar-refractivity contribution is 0.0925. The SMILES string of the molecule is COc1cc2nc(Nc3c(Cl)ccc(Cl)c3F)[nH]c2cc1C(=O)NC1CCCCC1. The number of fused-ring (bicyclic) bond motifs is 1. The molecule has 0 unspecified atom stereocenters. The average molecular weight is 451 g/mol. The van der Waals surface area contributed by atoms with Crippen LogP contribution in [0.3, 0.4) is 0 Å². The van der Waals surface area contributed by atoms with Crippen LogP contribution in [0.2, 0.25) is 10.0 Å². The zero-order valence-electron chi connectivity index (χ0n) is 16.3. The number of aromatic amines is 1. The number of hydrogen-bond donors (Lipinski definition) is 3. The molecular weight excluding hydrogens is 430 g/mol. The summed E-state index contributed by atoms with van der Waals surface area (Å²) in [5, 5.41) is 6.03. The van der Waals surface area contributed by atoms with Crippen LogP contribution in [0.25, 0.3) is 11.0 Å². The van der Waals surface area contributed by atoms with Gasteiger partial charge in [-0.3, -0.25) is 4.79 Å². The Labute approximate surface area is 183 Å². The molecule has 158 valence electrons. The monoisotopic (exact) mass is 450 g/mol.